The number of aliphatic carboxylic acids is 1. The largest absolute Gasteiger partial charge is 0.481 e. The van der Waals surface area contributed by atoms with Gasteiger partial charge in [-0.05, 0) is 11.4 Å². The van der Waals surface area contributed by atoms with E-state index in [1.165, 1.54) is 13.2 Å². The van der Waals surface area contributed by atoms with Gasteiger partial charge in [0.2, 0.25) is 5.91 Å². The van der Waals surface area contributed by atoms with Gasteiger partial charge >= 0.3 is 11.9 Å². The number of carbonyl (C=O) groups excluding carboxylic acids is 2. The Kier molecular flexibility index (Phi) is 4.01. The molecule has 1 aromatic rings. The van der Waals surface area contributed by atoms with Crippen LogP contribution in [-0.4, -0.2) is 30.1 Å². The predicted octanol–water partition coefficient (Wildman–Crippen LogP) is 0.948. The van der Waals surface area contributed by atoms with Crippen molar-refractivity contribution in [1.29, 1.82) is 0 Å². The number of carboxylic acid groups (broad SMARTS) is 1. The molecule has 0 aliphatic heterocycles. The number of nitrogens with one attached hydrogen (secondary N) is 1. The SMILES string of the molecule is COC(=O)c1sccc1NC(=O)CC(=O)O. The van der Waals surface area contributed by atoms with Crippen LogP contribution in [0.1, 0.15) is 16.1 Å². The first kappa shape index (κ1) is 12.2. The van der Waals surface area contributed by atoms with Gasteiger partial charge in [-0.1, -0.05) is 0 Å². The molecule has 0 saturated heterocycles. The third-order valence-electron chi connectivity index (χ3n) is 1.62. The summed E-state index contributed by atoms with van der Waals surface area (Å²) in [5.41, 5.74) is 0.267. The smallest absolute Gasteiger partial charge is 0.350 e. The molecule has 16 heavy (non-hydrogen) atoms. The van der Waals surface area contributed by atoms with Crippen molar-refractivity contribution in [2.75, 3.05) is 12.4 Å². The minimum atomic E-state index is -1.23. The molecule has 2 N–H and O–H groups in total. The second kappa shape index (κ2) is 5.26. The van der Waals surface area contributed by atoms with Crippen LogP contribution >= 0.6 is 11.3 Å². The highest BCUT2D eigenvalue weighted by molar-refractivity contribution is 7.12. The minimum absolute atomic E-state index is 0.237. The van der Waals surface area contributed by atoms with Crippen molar-refractivity contribution in [3.05, 3.63) is 16.3 Å². The molecule has 0 spiro atoms. The molecule has 0 bridgehead atoms. The van der Waals surface area contributed by atoms with Crippen molar-refractivity contribution in [3.8, 4) is 0 Å². The number of carboxylic acids is 1. The molecule has 86 valence electrons. The highest BCUT2D eigenvalue weighted by atomic mass is 32.1. The van der Waals surface area contributed by atoms with Crippen LogP contribution in [0.25, 0.3) is 0 Å². The second-order valence-electron chi connectivity index (χ2n) is 2.77. The normalized spacial score (nSPS) is 9.56. The van der Waals surface area contributed by atoms with E-state index in [9.17, 15) is 14.4 Å². The monoisotopic (exact) mass is 243 g/mol. The number of ether oxygens (including phenoxy) is 1. The van der Waals surface area contributed by atoms with Crippen molar-refractivity contribution in [2.24, 2.45) is 0 Å². The maximum absolute atomic E-state index is 11.2. The maximum Gasteiger partial charge on any atom is 0.350 e. The number of amides is 1. The van der Waals surface area contributed by atoms with E-state index < -0.39 is 24.3 Å². The number of anilines is 1. The summed E-state index contributed by atoms with van der Waals surface area (Å²) in [5.74, 6) is -2.48. The van der Waals surface area contributed by atoms with E-state index in [1.807, 2.05) is 0 Å². The maximum atomic E-state index is 11.2. The third-order valence-corrected chi connectivity index (χ3v) is 2.52. The Labute approximate surface area is 94.8 Å². The average molecular weight is 243 g/mol. The van der Waals surface area contributed by atoms with Gasteiger partial charge in [0.25, 0.3) is 0 Å². The summed E-state index contributed by atoms with van der Waals surface area (Å²) >= 11 is 1.11. The molecule has 1 heterocycles. The zero-order valence-electron chi connectivity index (χ0n) is 8.35. The first-order valence-electron chi connectivity index (χ1n) is 4.22. The summed E-state index contributed by atoms with van der Waals surface area (Å²) in [6.45, 7) is 0. The van der Waals surface area contributed by atoms with Gasteiger partial charge in [-0.15, -0.1) is 11.3 Å². The van der Waals surface area contributed by atoms with Crippen molar-refractivity contribution < 1.29 is 24.2 Å². The van der Waals surface area contributed by atoms with Gasteiger partial charge in [-0.25, -0.2) is 4.79 Å². The van der Waals surface area contributed by atoms with Gasteiger partial charge in [-0.2, -0.15) is 0 Å². The van der Waals surface area contributed by atoms with E-state index in [1.54, 1.807) is 5.38 Å². The molecule has 0 saturated carbocycles. The van der Waals surface area contributed by atoms with Gasteiger partial charge in [0.05, 0.1) is 12.8 Å². The number of esters is 1. The zero-order chi connectivity index (χ0) is 12.1. The van der Waals surface area contributed by atoms with Gasteiger partial charge in [0, 0.05) is 0 Å². The van der Waals surface area contributed by atoms with Crippen LogP contribution in [0, 0.1) is 0 Å². The molecule has 1 amide bonds. The lowest BCUT2D eigenvalue weighted by atomic mass is 10.3. The van der Waals surface area contributed by atoms with Crippen molar-refractivity contribution in [3.63, 3.8) is 0 Å². The summed E-state index contributed by atoms with van der Waals surface area (Å²) in [6, 6.07) is 1.51. The lowest BCUT2D eigenvalue weighted by Crippen LogP contribution is -2.17. The first-order valence-corrected chi connectivity index (χ1v) is 5.10. The van der Waals surface area contributed by atoms with Crippen LogP contribution in [0.5, 0.6) is 0 Å². The number of hydrogen-bond acceptors (Lipinski definition) is 5. The van der Waals surface area contributed by atoms with Crippen LogP contribution in [0.3, 0.4) is 0 Å². The molecular weight excluding hydrogens is 234 g/mol. The van der Waals surface area contributed by atoms with Gasteiger partial charge in [0.1, 0.15) is 11.3 Å². The molecule has 6 nitrogen and oxygen atoms in total. The van der Waals surface area contributed by atoms with Crippen LogP contribution < -0.4 is 5.32 Å². The molecule has 0 aromatic carbocycles. The highest BCUT2D eigenvalue weighted by Crippen LogP contribution is 2.23. The zero-order valence-corrected chi connectivity index (χ0v) is 9.17. The fraction of sp³-hybridized carbons (Fsp3) is 0.222. The van der Waals surface area contributed by atoms with E-state index >= 15 is 0 Å². The Balaban J connectivity index is 2.74. The number of hydrogen-bond donors (Lipinski definition) is 2. The van der Waals surface area contributed by atoms with E-state index in [4.69, 9.17) is 5.11 Å². The predicted molar refractivity (Wildman–Crippen MR) is 56.5 cm³/mol. The van der Waals surface area contributed by atoms with E-state index in [0.717, 1.165) is 11.3 Å². The quantitative estimate of drug-likeness (QED) is 0.606. The molecule has 1 aromatic heterocycles. The summed E-state index contributed by atoms with van der Waals surface area (Å²) in [7, 11) is 1.23. The van der Waals surface area contributed by atoms with Gasteiger partial charge < -0.3 is 15.2 Å². The molecular formula is C9H9NO5S. The fourth-order valence-electron chi connectivity index (χ4n) is 0.990. The standard InChI is InChI=1S/C9H9NO5S/c1-15-9(14)8-5(2-3-16-8)10-6(11)4-7(12)13/h2-3H,4H2,1H3,(H,10,11)(H,12,13). The molecule has 0 radical (unpaired) electrons. The molecule has 1 rings (SSSR count). The fourth-order valence-corrected chi connectivity index (χ4v) is 1.76. The number of methoxy groups -OCH3 is 1. The summed E-state index contributed by atoms with van der Waals surface area (Å²) < 4.78 is 4.50. The van der Waals surface area contributed by atoms with Gasteiger partial charge in [0.15, 0.2) is 0 Å². The Bertz CT molecular complexity index is 425. The number of carbonyl (C=O) groups is 3. The number of rotatable bonds is 4. The van der Waals surface area contributed by atoms with E-state index in [2.05, 4.69) is 10.1 Å². The molecule has 0 unspecified atom stereocenters. The Morgan fingerprint density at radius 2 is 2.19 bits per heavy atom. The van der Waals surface area contributed by atoms with Crippen LogP contribution in [0.2, 0.25) is 0 Å². The summed E-state index contributed by atoms with van der Waals surface area (Å²) in [6.07, 6.45) is -0.642. The third kappa shape index (κ3) is 3.06. The summed E-state index contributed by atoms with van der Waals surface area (Å²) in [5, 5.41) is 12.3. The molecule has 0 aliphatic carbocycles. The minimum Gasteiger partial charge on any atom is -0.481 e. The van der Waals surface area contributed by atoms with Crippen LogP contribution in [0.4, 0.5) is 5.69 Å². The Hall–Kier alpha value is -1.89. The van der Waals surface area contributed by atoms with Gasteiger partial charge in [-0.3, -0.25) is 9.59 Å². The Morgan fingerprint density at radius 1 is 1.50 bits per heavy atom. The highest BCUT2D eigenvalue weighted by Gasteiger charge is 2.16. The van der Waals surface area contributed by atoms with Crippen molar-refractivity contribution in [2.45, 2.75) is 6.42 Å². The topological polar surface area (TPSA) is 92.7 Å². The molecule has 0 fully saturated rings. The Morgan fingerprint density at radius 3 is 2.75 bits per heavy atom. The van der Waals surface area contributed by atoms with E-state index in [-0.39, 0.29) is 10.6 Å². The van der Waals surface area contributed by atoms with E-state index in [0.29, 0.717) is 0 Å². The lowest BCUT2D eigenvalue weighted by Gasteiger charge is -2.03. The molecule has 7 heteroatoms. The second-order valence-corrected chi connectivity index (χ2v) is 3.69. The van der Waals surface area contributed by atoms with Crippen LogP contribution in [0.15, 0.2) is 11.4 Å². The first-order chi connectivity index (χ1) is 7.54. The van der Waals surface area contributed by atoms with Crippen molar-refractivity contribution >= 4 is 34.9 Å². The molecule has 0 atom stereocenters. The average Bonchev–Trinajstić information content (AvgIpc) is 2.63. The number of thiophene rings is 1. The van der Waals surface area contributed by atoms with Crippen LogP contribution in [-0.2, 0) is 14.3 Å². The van der Waals surface area contributed by atoms with Crippen molar-refractivity contribution in [1.82, 2.24) is 0 Å². The molecule has 0 aliphatic rings. The summed E-state index contributed by atoms with van der Waals surface area (Å²) in [4.78, 5) is 32.9. The lowest BCUT2D eigenvalue weighted by molar-refractivity contribution is -0.139.